The van der Waals surface area contributed by atoms with Crippen molar-refractivity contribution in [1.29, 1.82) is 0 Å². The summed E-state index contributed by atoms with van der Waals surface area (Å²) in [6.07, 6.45) is 1.60. The number of benzene rings is 3. The first-order chi connectivity index (χ1) is 20.3. The van der Waals surface area contributed by atoms with Crippen LogP contribution < -0.4 is 20.5 Å². The van der Waals surface area contributed by atoms with Crippen molar-refractivity contribution in [3.8, 4) is 11.4 Å². The Labute approximate surface area is 243 Å². The Morgan fingerprint density at radius 3 is 2.31 bits per heavy atom. The van der Waals surface area contributed by atoms with Crippen molar-refractivity contribution in [1.82, 2.24) is 14.1 Å². The highest BCUT2D eigenvalue weighted by atomic mass is 32.2. The van der Waals surface area contributed by atoms with Crippen molar-refractivity contribution in [2.75, 3.05) is 49.5 Å². The van der Waals surface area contributed by atoms with Crippen LogP contribution in [0.3, 0.4) is 0 Å². The number of nitro benzene ring substituents is 1. The predicted octanol–water partition coefficient (Wildman–Crippen LogP) is 3.45. The Morgan fingerprint density at radius 2 is 1.64 bits per heavy atom. The van der Waals surface area contributed by atoms with Crippen molar-refractivity contribution in [2.24, 2.45) is 0 Å². The molecule has 1 N–H and O–H groups in total. The molecule has 42 heavy (non-hydrogen) atoms. The number of aromatic nitrogens is 2. The third kappa shape index (κ3) is 6.11. The molecule has 3 aromatic carbocycles. The quantitative estimate of drug-likeness (QED) is 0.167. The lowest BCUT2D eigenvalue weighted by molar-refractivity contribution is -0.385. The summed E-state index contributed by atoms with van der Waals surface area (Å²) in [5.74, 6) is 0.715. The molecule has 0 aliphatic carbocycles. The molecule has 0 spiro atoms. The number of nitrogens with zero attached hydrogens (tertiary/aromatic N) is 5. The van der Waals surface area contributed by atoms with Crippen LogP contribution in [0.2, 0.25) is 0 Å². The number of sulfonamides is 1. The third-order valence-corrected chi connectivity index (χ3v) is 8.99. The van der Waals surface area contributed by atoms with Crippen molar-refractivity contribution in [3.05, 3.63) is 111 Å². The normalized spacial score (nSPS) is 14.0. The van der Waals surface area contributed by atoms with Crippen LogP contribution in [0.4, 0.5) is 17.1 Å². The maximum atomic E-state index is 13.6. The van der Waals surface area contributed by atoms with E-state index in [0.717, 1.165) is 6.07 Å². The minimum atomic E-state index is -3.97. The fourth-order valence-electron chi connectivity index (χ4n) is 4.75. The summed E-state index contributed by atoms with van der Waals surface area (Å²) < 4.78 is 35.3. The molecule has 12 nitrogen and oxygen atoms in total. The molecule has 1 aliphatic rings. The van der Waals surface area contributed by atoms with E-state index in [-0.39, 0.29) is 29.2 Å². The Kier molecular flexibility index (Phi) is 8.50. The average molecular weight is 591 g/mol. The van der Waals surface area contributed by atoms with Gasteiger partial charge in [-0.25, -0.2) is 8.42 Å². The van der Waals surface area contributed by atoms with E-state index in [2.05, 4.69) is 10.4 Å². The van der Waals surface area contributed by atoms with Gasteiger partial charge < -0.3 is 15.0 Å². The van der Waals surface area contributed by atoms with E-state index in [4.69, 9.17) is 4.74 Å². The SMILES string of the molecule is Cc1ccc([N+](=O)[O-])cc1S(=O)(=O)N1CCN(c2cnn(-c3ccccc3)c(=O)c2NCCOc2ccccc2)CC1. The molecule has 0 bridgehead atoms. The van der Waals surface area contributed by atoms with Crippen LogP contribution in [0, 0.1) is 17.0 Å². The number of nitrogens with one attached hydrogen (secondary N) is 1. The molecule has 218 valence electrons. The van der Waals surface area contributed by atoms with E-state index < -0.39 is 14.9 Å². The molecule has 0 amide bonds. The van der Waals surface area contributed by atoms with E-state index in [1.165, 1.54) is 21.1 Å². The summed E-state index contributed by atoms with van der Waals surface area (Å²) in [7, 11) is -3.97. The molecule has 2 heterocycles. The lowest BCUT2D eigenvalue weighted by Gasteiger charge is -2.36. The Bertz CT molecular complexity index is 1720. The molecule has 13 heteroatoms. The molecule has 1 aromatic heterocycles. The highest BCUT2D eigenvalue weighted by Gasteiger charge is 2.32. The number of nitro groups is 1. The summed E-state index contributed by atoms with van der Waals surface area (Å²) in [5, 5.41) is 18.9. The first-order valence-corrected chi connectivity index (χ1v) is 14.8. The van der Waals surface area contributed by atoms with Gasteiger partial charge in [0.25, 0.3) is 11.2 Å². The van der Waals surface area contributed by atoms with Crippen molar-refractivity contribution >= 4 is 27.1 Å². The number of rotatable bonds is 10. The van der Waals surface area contributed by atoms with Gasteiger partial charge >= 0.3 is 0 Å². The highest BCUT2D eigenvalue weighted by Crippen LogP contribution is 2.28. The number of ether oxygens (including phenoxy) is 1. The summed E-state index contributed by atoms with van der Waals surface area (Å²) in [6.45, 7) is 3.10. The number of piperazine rings is 1. The molecule has 0 radical (unpaired) electrons. The number of para-hydroxylation sites is 2. The Hall–Kier alpha value is -4.75. The van der Waals surface area contributed by atoms with Crippen molar-refractivity contribution in [2.45, 2.75) is 11.8 Å². The number of aryl methyl sites for hydroxylation is 1. The van der Waals surface area contributed by atoms with Crippen LogP contribution in [0.25, 0.3) is 5.69 Å². The molecular formula is C29H30N6O6S. The summed E-state index contributed by atoms with van der Waals surface area (Å²) in [4.78, 5) is 26.1. The van der Waals surface area contributed by atoms with Gasteiger partial charge in [0, 0.05) is 44.9 Å². The van der Waals surface area contributed by atoms with Crippen molar-refractivity contribution in [3.63, 3.8) is 0 Å². The number of hydrogen-bond donors (Lipinski definition) is 1. The van der Waals surface area contributed by atoms with Crippen LogP contribution in [0.15, 0.2) is 94.7 Å². The Balaban J connectivity index is 1.36. The van der Waals surface area contributed by atoms with Gasteiger partial charge in [0.2, 0.25) is 10.0 Å². The van der Waals surface area contributed by atoms with E-state index >= 15 is 0 Å². The van der Waals surface area contributed by atoms with Crippen LogP contribution >= 0.6 is 0 Å². The van der Waals surface area contributed by atoms with Gasteiger partial charge in [-0.15, -0.1) is 0 Å². The van der Waals surface area contributed by atoms with Crippen LogP contribution in [0.5, 0.6) is 5.75 Å². The summed E-state index contributed by atoms with van der Waals surface area (Å²) in [6, 6.07) is 22.3. The standard InChI is InChI=1S/C29H30N6O6S/c1-22-12-13-24(35(37)38)20-27(22)42(39,40)33-17-15-32(16-18-33)26-21-31-34(23-8-4-2-5-9-23)29(36)28(26)30-14-19-41-25-10-6-3-7-11-25/h2-13,20-21,30H,14-19H2,1H3. The second-order valence-corrected chi connectivity index (χ2v) is 11.6. The first kappa shape index (κ1) is 28.8. The van der Waals surface area contributed by atoms with Gasteiger partial charge in [0.1, 0.15) is 18.0 Å². The molecule has 5 rings (SSSR count). The summed E-state index contributed by atoms with van der Waals surface area (Å²) >= 11 is 0. The zero-order chi connectivity index (χ0) is 29.7. The van der Waals surface area contributed by atoms with Gasteiger partial charge in [-0.2, -0.15) is 14.1 Å². The Morgan fingerprint density at radius 1 is 0.976 bits per heavy atom. The molecular weight excluding hydrogens is 560 g/mol. The lowest BCUT2D eigenvalue weighted by atomic mass is 10.2. The average Bonchev–Trinajstić information content (AvgIpc) is 3.01. The zero-order valence-electron chi connectivity index (χ0n) is 22.9. The van der Waals surface area contributed by atoms with Gasteiger partial charge in [-0.05, 0) is 36.8 Å². The number of hydrogen-bond acceptors (Lipinski definition) is 9. The second kappa shape index (κ2) is 12.4. The highest BCUT2D eigenvalue weighted by molar-refractivity contribution is 7.89. The monoisotopic (exact) mass is 590 g/mol. The minimum absolute atomic E-state index is 0.0851. The molecule has 1 saturated heterocycles. The fourth-order valence-corrected chi connectivity index (χ4v) is 6.42. The number of non-ortho nitro benzene ring substituents is 1. The molecule has 1 aliphatic heterocycles. The van der Waals surface area contributed by atoms with E-state index in [9.17, 15) is 23.3 Å². The third-order valence-electron chi connectivity index (χ3n) is 6.95. The smallest absolute Gasteiger partial charge is 0.296 e. The van der Waals surface area contributed by atoms with Crippen LogP contribution in [0.1, 0.15) is 5.56 Å². The zero-order valence-corrected chi connectivity index (χ0v) is 23.7. The molecule has 0 unspecified atom stereocenters. The predicted molar refractivity (Wildman–Crippen MR) is 159 cm³/mol. The van der Waals surface area contributed by atoms with Crippen LogP contribution in [-0.4, -0.2) is 66.8 Å². The largest absolute Gasteiger partial charge is 0.492 e. The molecule has 1 fully saturated rings. The maximum absolute atomic E-state index is 13.6. The van der Waals surface area contributed by atoms with E-state index in [0.29, 0.717) is 54.6 Å². The van der Waals surface area contributed by atoms with Gasteiger partial charge in [-0.1, -0.05) is 42.5 Å². The molecule has 0 atom stereocenters. The van der Waals surface area contributed by atoms with Crippen molar-refractivity contribution < 1.29 is 18.1 Å². The molecule has 0 saturated carbocycles. The first-order valence-electron chi connectivity index (χ1n) is 13.4. The summed E-state index contributed by atoms with van der Waals surface area (Å²) in [5.41, 5.74) is 1.30. The lowest BCUT2D eigenvalue weighted by Crippen LogP contribution is -2.49. The minimum Gasteiger partial charge on any atom is -0.492 e. The second-order valence-electron chi connectivity index (χ2n) is 9.64. The molecule has 4 aromatic rings. The maximum Gasteiger partial charge on any atom is 0.296 e. The number of anilines is 2. The van der Waals surface area contributed by atoms with E-state index in [1.807, 2.05) is 53.4 Å². The fraction of sp³-hybridized carbons (Fsp3) is 0.241. The van der Waals surface area contributed by atoms with Crippen LogP contribution in [-0.2, 0) is 10.0 Å². The topological polar surface area (TPSA) is 140 Å². The van der Waals surface area contributed by atoms with Gasteiger partial charge in [0.05, 0.1) is 27.4 Å². The van der Waals surface area contributed by atoms with E-state index in [1.54, 1.807) is 25.3 Å². The van der Waals surface area contributed by atoms with Gasteiger partial charge in [0.15, 0.2) is 0 Å². The van der Waals surface area contributed by atoms with Gasteiger partial charge in [-0.3, -0.25) is 14.9 Å².